The smallest absolute Gasteiger partial charge is 0.139 e. The van der Waals surface area contributed by atoms with Crippen LogP contribution in [-0.2, 0) is 5.88 Å². The third-order valence-electron chi connectivity index (χ3n) is 3.00. The molecule has 3 aromatic rings. The normalized spacial score (nSPS) is 11.2. The molecule has 1 nitrogen and oxygen atoms in total. The Morgan fingerprint density at radius 3 is 2.40 bits per heavy atom. The standard InChI is InChI=1S/C15H8Cl4O/c16-7-9-4-11(18)3-8-5-14(20-15(8)9)12-2-1-10(17)6-13(12)19/h1-6H,7H2. The number of benzene rings is 2. The molecule has 0 radical (unpaired) electrons. The van der Waals surface area contributed by atoms with Gasteiger partial charge in [0.2, 0.25) is 0 Å². The molecule has 0 aliphatic rings. The van der Waals surface area contributed by atoms with Gasteiger partial charge in [0.25, 0.3) is 0 Å². The lowest BCUT2D eigenvalue weighted by Gasteiger charge is -2.01. The summed E-state index contributed by atoms with van der Waals surface area (Å²) >= 11 is 24.1. The molecule has 2 aromatic carbocycles. The number of hydrogen-bond donors (Lipinski definition) is 0. The number of alkyl halides is 1. The Balaban J connectivity index is 2.22. The van der Waals surface area contributed by atoms with Gasteiger partial charge in [-0.2, -0.15) is 0 Å². The van der Waals surface area contributed by atoms with Crippen molar-refractivity contribution in [2.75, 3.05) is 0 Å². The van der Waals surface area contributed by atoms with Crippen molar-refractivity contribution in [1.29, 1.82) is 0 Å². The van der Waals surface area contributed by atoms with E-state index < -0.39 is 0 Å². The van der Waals surface area contributed by atoms with Gasteiger partial charge in [-0.05, 0) is 36.4 Å². The quantitative estimate of drug-likeness (QED) is 0.465. The molecule has 0 atom stereocenters. The Labute approximate surface area is 136 Å². The van der Waals surface area contributed by atoms with Crippen LogP contribution in [0.5, 0.6) is 0 Å². The zero-order chi connectivity index (χ0) is 14.3. The molecule has 1 heterocycles. The van der Waals surface area contributed by atoms with Crippen LogP contribution in [0.15, 0.2) is 40.8 Å². The van der Waals surface area contributed by atoms with Crippen LogP contribution in [-0.4, -0.2) is 0 Å². The molecule has 0 N–H and O–H groups in total. The number of halogens is 4. The van der Waals surface area contributed by atoms with Crippen LogP contribution in [0.4, 0.5) is 0 Å². The fourth-order valence-corrected chi connectivity index (χ4v) is 3.06. The van der Waals surface area contributed by atoms with E-state index in [1.54, 1.807) is 18.2 Å². The molecule has 0 saturated heterocycles. The highest BCUT2D eigenvalue weighted by Crippen LogP contribution is 2.36. The molecule has 0 spiro atoms. The first-order valence-corrected chi connectivity index (χ1v) is 7.48. The minimum absolute atomic E-state index is 0.332. The maximum Gasteiger partial charge on any atom is 0.139 e. The second kappa shape index (κ2) is 5.50. The number of rotatable bonds is 2. The second-order valence-corrected chi connectivity index (χ2v) is 5.90. The number of furan rings is 1. The Morgan fingerprint density at radius 2 is 1.70 bits per heavy atom. The second-order valence-electron chi connectivity index (χ2n) is 4.35. The Hall–Kier alpha value is -0.860. The van der Waals surface area contributed by atoms with Gasteiger partial charge in [-0.25, -0.2) is 0 Å². The van der Waals surface area contributed by atoms with E-state index in [4.69, 9.17) is 50.8 Å². The molecular formula is C15H8Cl4O. The fourth-order valence-electron chi connectivity index (χ4n) is 2.11. The summed E-state index contributed by atoms with van der Waals surface area (Å²) in [4.78, 5) is 0. The Bertz CT molecular complexity index is 792. The first-order chi connectivity index (χ1) is 9.58. The Morgan fingerprint density at radius 1 is 0.900 bits per heavy atom. The monoisotopic (exact) mass is 344 g/mol. The molecule has 3 rings (SSSR count). The van der Waals surface area contributed by atoms with Gasteiger partial charge in [-0.1, -0.05) is 34.8 Å². The van der Waals surface area contributed by atoms with E-state index in [9.17, 15) is 0 Å². The van der Waals surface area contributed by atoms with Crippen molar-refractivity contribution in [2.24, 2.45) is 0 Å². The maximum absolute atomic E-state index is 6.20. The van der Waals surface area contributed by atoms with Gasteiger partial charge in [-0.3, -0.25) is 0 Å². The highest BCUT2D eigenvalue weighted by Gasteiger charge is 2.13. The van der Waals surface area contributed by atoms with Crippen LogP contribution >= 0.6 is 46.4 Å². The van der Waals surface area contributed by atoms with Crippen LogP contribution < -0.4 is 0 Å². The fraction of sp³-hybridized carbons (Fsp3) is 0.0667. The highest BCUT2D eigenvalue weighted by atomic mass is 35.5. The predicted molar refractivity (Wildman–Crippen MR) is 86.2 cm³/mol. The number of hydrogen-bond acceptors (Lipinski definition) is 1. The number of fused-ring (bicyclic) bond motifs is 1. The molecule has 0 amide bonds. The van der Waals surface area contributed by atoms with E-state index in [-0.39, 0.29) is 0 Å². The summed E-state index contributed by atoms with van der Waals surface area (Å²) in [6, 6.07) is 10.8. The van der Waals surface area contributed by atoms with Gasteiger partial charge in [0.1, 0.15) is 11.3 Å². The minimum atomic E-state index is 0.332. The van der Waals surface area contributed by atoms with Gasteiger partial charge in [0, 0.05) is 26.6 Å². The molecule has 0 fully saturated rings. The van der Waals surface area contributed by atoms with Crippen LogP contribution in [0.2, 0.25) is 15.1 Å². The zero-order valence-electron chi connectivity index (χ0n) is 10.1. The summed E-state index contributed by atoms with van der Waals surface area (Å²) in [5.74, 6) is 0.994. The lowest BCUT2D eigenvalue weighted by molar-refractivity contribution is 0.628. The first kappa shape index (κ1) is 14.1. The van der Waals surface area contributed by atoms with E-state index >= 15 is 0 Å². The van der Waals surface area contributed by atoms with Gasteiger partial charge in [0.05, 0.1) is 10.9 Å². The van der Waals surface area contributed by atoms with Crippen LogP contribution in [0.25, 0.3) is 22.3 Å². The maximum atomic E-state index is 6.20. The molecular weight excluding hydrogens is 338 g/mol. The third-order valence-corrected chi connectivity index (χ3v) is 4.05. The molecule has 102 valence electrons. The average molecular weight is 346 g/mol. The van der Waals surface area contributed by atoms with Crippen LogP contribution in [0.3, 0.4) is 0 Å². The van der Waals surface area contributed by atoms with E-state index in [1.807, 2.05) is 18.2 Å². The van der Waals surface area contributed by atoms with Crippen molar-refractivity contribution >= 4 is 57.4 Å². The summed E-state index contributed by atoms with van der Waals surface area (Å²) in [5.41, 5.74) is 2.36. The summed E-state index contributed by atoms with van der Waals surface area (Å²) < 4.78 is 5.88. The van der Waals surface area contributed by atoms with Crippen molar-refractivity contribution in [3.8, 4) is 11.3 Å². The summed E-state index contributed by atoms with van der Waals surface area (Å²) in [6.07, 6.45) is 0. The largest absolute Gasteiger partial charge is 0.456 e. The van der Waals surface area contributed by atoms with Gasteiger partial charge >= 0.3 is 0 Å². The van der Waals surface area contributed by atoms with Crippen LogP contribution in [0, 0.1) is 0 Å². The van der Waals surface area contributed by atoms with Crippen LogP contribution in [0.1, 0.15) is 5.56 Å². The van der Waals surface area contributed by atoms with E-state index in [0.29, 0.717) is 26.7 Å². The minimum Gasteiger partial charge on any atom is -0.456 e. The van der Waals surface area contributed by atoms with E-state index in [2.05, 4.69) is 0 Å². The van der Waals surface area contributed by atoms with Crippen molar-refractivity contribution in [2.45, 2.75) is 5.88 Å². The molecule has 0 unspecified atom stereocenters. The van der Waals surface area contributed by atoms with Gasteiger partial charge < -0.3 is 4.42 Å². The zero-order valence-corrected chi connectivity index (χ0v) is 13.1. The third kappa shape index (κ3) is 2.51. The highest BCUT2D eigenvalue weighted by molar-refractivity contribution is 6.36. The van der Waals surface area contributed by atoms with Crippen molar-refractivity contribution in [1.82, 2.24) is 0 Å². The lowest BCUT2D eigenvalue weighted by atomic mass is 10.1. The van der Waals surface area contributed by atoms with Gasteiger partial charge in [0.15, 0.2) is 0 Å². The van der Waals surface area contributed by atoms with E-state index in [0.717, 1.165) is 22.1 Å². The summed E-state index contributed by atoms with van der Waals surface area (Å²) in [7, 11) is 0. The molecule has 20 heavy (non-hydrogen) atoms. The summed E-state index contributed by atoms with van der Waals surface area (Å²) in [6.45, 7) is 0. The lowest BCUT2D eigenvalue weighted by Crippen LogP contribution is -1.78. The van der Waals surface area contributed by atoms with Gasteiger partial charge in [-0.15, -0.1) is 11.6 Å². The van der Waals surface area contributed by atoms with Crippen molar-refractivity contribution < 1.29 is 4.42 Å². The Kier molecular flexibility index (Phi) is 3.87. The molecule has 0 bridgehead atoms. The predicted octanol–water partition coefficient (Wildman–Crippen LogP) is 6.80. The van der Waals surface area contributed by atoms with Crippen molar-refractivity contribution in [3.63, 3.8) is 0 Å². The van der Waals surface area contributed by atoms with E-state index in [1.165, 1.54) is 0 Å². The molecule has 0 saturated carbocycles. The average Bonchev–Trinajstić information content (AvgIpc) is 2.80. The molecule has 1 aromatic heterocycles. The first-order valence-electron chi connectivity index (χ1n) is 5.82. The topological polar surface area (TPSA) is 13.1 Å². The summed E-state index contributed by atoms with van der Waals surface area (Å²) in [5, 5.41) is 2.64. The molecule has 0 aliphatic heterocycles. The SMILES string of the molecule is ClCc1cc(Cl)cc2cc(-c3ccc(Cl)cc3Cl)oc12. The van der Waals surface area contributed by atoms with Crippen molar-refractivity contribution in [3.05, 3.63) is 57.0 Å². The molecule has 5 heteroatoms. The molecule has 0 aliphatic carbocycles.